The Labute approximate surface area is 250 Å². The first-order valence-corrected chi connectivity index (χ1v) is 15.1. The number of urea groups is 1. The summed E-state index contributed by atoms with van der Waals surface area (Å²) in [4.78, 5) is 51.6. The van der Waals surface area contributed by atoms with E-state index < -0.39 is 23.7 Å². The molecule has 0 radical (unpaired) electrons. The molecule has 0 saturated carbocycles. The number of morpholine rings is 1. The fraction of sp³-hybridized carbons (Fsp3) is 0.567. The number of piperidine rings is 1. The molecule has 1 aromatic carbocycles. The van der Waals surface area contributed by atoms with Crippen molar-refractivity contribution in [1.82, 2.24) is 20.2 Å². The molecule has 3 aliphatic rings. The number of hydrogen-bond donors (Lipinski definition) is 3. The molecule has 3 aliphatic heterocycles. The van der Waals surface area contributed by atoms with Crippen LogP contribution in [0.1, 0.15) is 44.1 Å². The van der Waals surface area contributed by atoms with Gasteiger partial charge in [0.25, 0.3) is 0 Å². The van der Waals surface area contributed by atoms with Crippen molar-refractivity contribution < 1.29 is 28.6 Å². The highest BCUT2D eigenvalue weighted by molar-refractivity contribution is 5.89. The van der Waals surface area contributed by atoms with Crippen molar-refractivity contribution in [2.45, 2.75) is 51.0 Å². The summed E-state index contributed by atoms with van der Waals surface area (Å²) < 4.78 is 20.9. The van der Waals surface area contributed by atoms with E-state index >= 15 is 4.39 Å². The molecule has 0 aliphatic carbocycles. The molecule has 5 rings (SSSR count). The normalized spacial score (nSPS) is 20.2. The van der Waals surface area contributed by atoms with Gasteiger partial charge in [-0.15, -0.1) is 0 Å². The van der Waals surface area contributed by atoms with Gasteiger partial charge in [-0.25, -0.2) is 19.6 Å². The van der Waals surface area contributed by atoms with Crippen LogP contribution in [0.15, 0.2) is 30.6 Å². The Bertz CT molecular complexity index is 1270. The molecule has 13 heteroatoms. The largest absolute Gasteiger partial charge is 0.480 e. The van der Waals surface area contributed by atoms with Crippen molar-refractivity contribution in [2.75, 3.05) is 67.6 Å². The standard InChI is InChI=1S/C30H40FN7O5/c31-25-26(36-11-3-1-2-4-12-36)32-20-33-27(25)38-13-5-6-22(19-38)28(39)35-24(29(40)41)18-21-7-9-23(10-8-21)34-30(42)37-14-16-43-17-15-37/h7-10,20,22,24H,1-6,11-19H2,(H,34,42)(H,35,39)(H,40,41)/t22?,24-/m0/s1. The molecular formula is C30H40FN7O5. The number of carboxylic acids is 1. The number of ether oxygens (including phenoxy) is 1. The summed E-state index contributed by atoms with van der Waals surface area (Å²) in [5, 5.41) is 15.4. The van der Waals surface area contributed by atoms with E-state index in [0.717, 1.165) is 38.8 Å². The number of amides is 3. The number of anilines is 3. The Kier molecular flexibility index (Phi) is 10.2. The lowest BCUT2D eigenvalue weighted by Crippen LogP contribution is -2.49. The summed E-state index contributed by atoms with van der Waals surface area (Å²) in [6.45, 7) is 4.35. The van der Waals surface area contributed by atoms with Gasteiger partial charge in [-0.2, -0.15) is 4.39 Å². The van der Waals surface area contributed by atoms with Crippen molar-refractivity contribution in [3.8, 4) is 0 Å². The molecule has 2 atom stereocenters. The molecule has 43 heavy (non-hydrogen) atoms. The van der Waals surface area contributed by atoms with Crippen LogP contribution in [0, 0.1) is 11.7 Å². The molecule has 232 valence electrons. The topological polar surface area (TPSA) is 140 Å². The van der Waals surface area contributed by atoms with E-state index in [9.17, 15) is 19.5 Å². The molecule has 3 amide bonds. The summed E-state index contributed by atoms with van der Waals surface area (Å²) >= 11 is 0. The number of halogens is 1. The van der Waals surface area contributed by atoms with Gasteiger partial charge in [0, 0.05) is 51.4 Å². The summed E-state index contributed by atoms with van der Waals surface area (Å²) in [5.41, 5.74) is 1.29. The van der Waals surface area contributed by atoms with E-state index in [4.69, 9.17) is 4.74 Å². The lowest BCUT2D eigenvalue weighted by molar-refractivity contribution is -0.142. The van der Waals surface area contributed by atoms with Gasteiger partial charge in [-0.1, -0.05) is 25.0 Å². The third-order valence-corrected chi connectivity index (χ3v) is 8.31. The summed E-state index contributed by atoms with van der Waals surface area (Å²) in [6.07, 6.45) is 6.89. The van der Waals surface area contributed by atoms with E-state index in [1.54, 1.807) is 34.1 Å². The van der Waals surface area contributed by atoms with Crippen molar-refractivity contribution in [3.05, 3.63) is 42.0 Å². The number of hydrogen-bond acceptors (Lipinski definition) is 8. The zero-order chi connectivity index (χ0) is 30.2. The predicted molar refractivity (Wildman–Crippen MR) is 159 cm³/mol. The highest BCUT2D eigenvalue weighted by atomic mass is 19.1. The maximum absolute atomic E-state index is 15.6. The Hall–Kier alpha value is -4.00. The molecular weight excluding hydrogens is 557 g/mol. The SMILES string of the molecule is O=C(N[C@@H](Cc1ccc(NC(=O)N2CCOCC2)cc1)C(=O)O)C1CCCN(c2ncnc(N3CCCCCC3)c2F)C1. The van der Waals surface area contributed by atoms with Gasteiger partial charge in [0.05, 0.1) is 19.1 Å². The van der Waals surface area contributed by atoms with E-state index in [-0.39, 0.29) is 30.7 Å². The third-order valence-electron chi connectivity index (χ3n) is 8.31. The zero-order valence-corrected chi connectivity index (χ0v) is 24.3. The number of aliphatic carboxylic acids is 1. The maximum atomic E-state index is 15.6. The quantitative estimate of drug-likeness (QED) is 0.419. The fourth-order valence-electron chi connectivity index (χ4n) is 5.88. The minimum absolute atomic E-state index is 0.0783. The van der Waals surface area contributed by atoms with Gasteiger partial charge >= 0.3 is 12.0 Å². The average molecular weight is 598 g/mol. The first kappa shape index (κ1) is 30.5. The van der Waals surface area contributed by atoms with Crippen LogP contribution in [0.3, 0.4) is 0 Å². The number of nitrogens with one attached hydrogen (secondary N) is 2. The zero-order valence-electron chi connectivity index (χ0n) is 24.3. The van der Waals surface area contributed by atoms with Crippen molar-refractivity contribution in [3.63, 3.8) is 0 Å². The van der Waals surface area contributed by atoms with Crippen LogP contribution in [-0.4, -0.2) is 96.4 Å². The second kappa shape index (κ2) is 14.5. The second-order valence-electron chi connectivity index (χ2n) is 11.4. The summed E-state index contributed by atoms with van der Waals surface area (Å²) in [6, 6.07) is 5.54. The Balaban J connectivity index is 1.18. The van der Waals surface area contributed by atoms with Crippen molar-refractivity contribution >= 4 is 35.2 Å². The van der Waals surface area contributed by atoms with Crippen molar-refractivity contribution in [2.24, 2.45) is 5.92 Å². The molecule has 0 spiro atoms. The molecule has 0 bridgehead atoms. The average Bonchev–Trinajstić information content (AvgIpc) is 3.32. The Morgan fingerprint density at radius 2 is 1.58 bits per heavy atom. The maximum Gasteiger partial charge on any atom is 0.326 e. The molecule has 4 heterocycles. The van der Waals surface area contributed by atoms with Crippen LogP contribution in [0.25, 0.3) is 0 Å². The van der Waals surface area contributed by atoms with Crippen LogP contribution in [0.2, 0.25) is 0 Å². The molecule has 3 fully saturated rings. The van der Waals surface area contributed by atoms with Crippen LogP contribution in [-0.2, 0) is 20.7 Å². The van der Waals surface area contributed by atoms with E-state index in [1.165, 1.54) is 6.33 Å². The smallest absolute Gasteiger partial charge is 0.326 e. The first-order chi connectivity index (χ1) is 20.9. The number of nitrogens with zero attached hydrogens (tertiary/aromatic N) is 5. The molecule has 1 unspecified atom stereocenters. The third kappa shape index (κ3) is 7.89. The molecule has 3 saturated heterocycles. The van der Waals surface area contributed by atoms with Gasteiger partial charge in [0.2, 0.25) is 11.7 Å². The highest BCUT2D eigenvalue weighted by Crippen LogP contribution is 2.29. The minimum atomic E-state index is -1.14. The molecule has 12 nitrogen and oxygen atoms in total. The van der Waals surface area contributed by atoms with Crippen LogP contribution in [0.4, 0.5) is 26.5 Å². The van der Waals surface area contributed by atoms with E-state index in [0.29, 0.717) is 62.8 Å². The van der Waals surface area contributed by atoms with Crippen LogP contribution >= 0.6 is 0 Å². The Morgan fingerprint density at radius 3 is 2.26 bits per heavy atom. The second-order valence-corrected chi connectivity index (χ2v) is 11.4. The number of benzene rings is 1. The summed E-state index contributed by atoms with van der Waals surface area (Å²) in [7, 11) is 0. The lowest BCUT2D eigenvalue weighted by Gasteiger charge is -2.34. The van der Waals surface area contributed by atoms with Gasteiger partial charge < -0.3 is 35.2 Å². The molecule has 1 aromatic heterocycles. The molecule has 2 aromatic rings. The van der Waals surface area contributed by atoms with E-state index in [2.05, 4.69) is 20.6 Å². The van der Waals surface area contributed by atoms with Crippen LogP contribution < -0.4 is 20.4 Å². The van der Waals surface area contributed by atoms with Gasteiger partial charge in [-0.3, -0.25) is 4.79 Å². The number of carbonyl (C=O) groups is 3. The number of carbonyl (C=O) groups excluding carboxylic acids is 2. The van der Waals surface area contributed by atoms with Crippen LogP contribution in [0.5, 0.6) is 0 Å². The number of rotatable bonds is 8. The predicted octanol–water partition coefficient (Wildman–Crippen LogP) is 2.89. The first-order valence-electron chi connectivity index (χ1n) is 15.1. The van der Waals surface area contributed by atoms with Crippen molar-refractivity contribution in [1.29, 1.82) is 0 Å². The number of aromatic nitrogens is 2. The number of carboxylic acid groups (broad SMARTS) is 1. The fourth-order valence-corrected chi connectivity index (χ4v) is 5.88. The van der Waals surface area contributed by atoms with Gasteiger partial charge in [0.15, 0.2) is 11.6 Å². The monoisotopic (exact) mass is 597 g/mol. The lowest BCUT2D eigenvalue weighted by atomic mass is 9.96. The molecule has 3 N–H and O–H groups in total. The van der Waals surface area contributed by atoms with Gasteiger partial charge in [-0.05, 0) is 43.4 Å². The van der Waals surface area contributed by atoms with E-state index in [1.807, 2.05) is 4.90 Å². The highest BCUT2D eigenvalue weighted by Gasteiger charge is 2.32. The Morgan fingerprint density at radius 1 is 0.930 bits per heavy atom. The summed E-state index contributed by atoms with van der Waals surface area (Å²) in [5.74, 6) is -2.02. The van der Waals surface area contributed by atoms with Gasteiger partial charge in [0.1, 0.15) is 12.4 Å². The minimum Gasteiger partial charge on any atom is -0.480 e.